The van der Waals surface area contributed by atoms with Gasteiger partial charge in [0, 0.05) is 48.3 Å². The number of amides is 1. The van der Waals surface area contributed by atoms with Gasteiger partial charge in [-0.15, -0.1) is 5.10 Å². The smallest absolute Gasteiger partial charge is 0.254 e. The molecule has 2 aromatic heterocycles. The predicted molar refractivity (Wildman–Crippen MR) is 123 cm³/mol. The van der Waals surface area contributed by atoms with E-state index < -0.39 is 0 Å². The second-order valence-corrected chi connectivity index (χ2v) is 8.59. The molecule has 0 bridgehead atoms. The first-order valence-electron chi connectivity index (χ1n) is 11.2. The largest absolute Gasteiger partial charge is 0.382 e. The van der Waals surface area contributed by atoms with Gasteiger partial charge in [-0.3, -0.25) is 4.79 Å². The topological polar surface area (TPSA) is 124 Å². The zero-order chi connectivity index (χ0) is 22.1. The summed E-state index contributed by atoms with van der Waals surface area (Å²) in [4.78, 5) is 19.1. The normalized spacial score (nSPS) is 21.6. The molecule has 168 valence electrons. The summed E-state index contributed by atoms with van der Waals surface area (Å²) in [5.41, 5.74) is 16.7. The molecule has 9 heteroatoms. The van der Waals surface area contributed by atoms with Gasteiger partial charge in [-0.1, -0.05) is 0 Å². The molecule has 0 radical (unpaired) electrons. The van der Waals surface area contributed by atoms with Crippen molar-refractivity contribution in [1.29, 1.82) is 0 Å². The van der Waals surface area contributed by atoms with Gasteiger partial charge in [-0.2, -0.15) is 0 Å². The molecule has 5 N–H and O–H groups in total. The summed E-state index contributed by atoms with van der Waals surface area (Å²) in [5, 5.41) is 8.04. The zero-order valence-corrected chi connectivity index (χ0v) is 18.0. The van der Waals surface area contributed by atoms with E-state index in [1.807, 2.05) is 29.2 Å². The van der Waals surface area contributed by atoms with Gasteiger partial charge < -0.3 is 26.4 Å². The summed E-state index contributed by atoms with van der Waals surface area (Å²) < 4.78 is 7.04. The van der Waals surface area contributed by atoms with Crippen LogP contribution in [-0.4, -0.2) is 57.8 Å². The standard InChI is InChI=1S/C23H29N7O2/c24-17-5-1-15(2-6-17)19-20(22-26-9-10-30(22)28-21(19)25)27-18-7-3-16(4-8-18)23(31)29-11-13-32-14-12-29/h3-4,7-10,15,17,27H,1-2,5-6,11-14,24H2,(H2,25,28)/t15-,17+. The second-order valence-electron chi connectivity index (χ2n) is 8.59. The summed E-state index contributed by atoms with van der Waals surface area (Å²) in [6.45, 7) is 2.43. The summed E-state index contributed by atoms with van der Waals surface area (Å²) in [6, 6.07) is 7.80. The highest BCUT2D eigenvalue weighted by atomic mass is 16.5. The number of hydrogen-bond donors (Lipinski definition) is 3. The summed E-state index contributed by atoms with van der Waals surface area (Å²) in [5.74, 6) is 0.828. The minimum Gasteiger partial charge on any atom is -0.382 e. The van der Waals surface area contributed by atoms with Crippen molar-refractivity contribution < 1.29 is 9.53 Å². The number of nitrogens with two attached hydrogens (primary N) is 2. The monoisotopic (exact) mass is 435 g/mol. The molecule has 1 saturated heterocycles. The van der Waals surface area contributed by atoms with Crippen LogP contribution < -0.4 is 16.8 Å². The number of ether oxygens (including phenoxy) is 1. The van der Waals surface area contributed by atoms with E-state index in [1.54, 1.807) is 16.9 Å². The maximum atomic E-state index is 12.7. The number of rotatable bonds is 4. The Labute approximate surface area is 186 Å². The molecule has 3 heterocycles. The molecular weight excluding hydrogens is 406 g/mol. The summed E-state index contributed by atoms with van der Waals surface area (Å²) >= 11 is 0. The van der Waals surface area contributed by atoms with Crippen molar-refractivity contribution in [2.75, 3.05) is 37.4 Å². The van der Waals surface area contributed by atoms with Crippen LogP contribution in [0.25, 0.3) is 5.65 Å². The first kappa shape index (κ1) is 20.7. The van der Waals surface area contributed by atoms with Crippen LogP contribution in [-0.2, 0) is 4.74 Å². The van der Waals surface area contributed by atoms with E-state index in [0.29, 0.717) is 37.7 Å². The molecular formula is C23H29N7O2. The number of imidazole rings is 1. The van der Waals surface area contributed by atoms with Gasteiger partial charge >= 0.3 is 0 Å². The molecule has 9 nitrogen and oxygen atoms in total. The Kier molecular flexibility index (Phi) is 5.67. The quantitative estimate of drug-likeness (QED) is 0.575. The highest BCUT2D eigenvalue weighted by molar-refractivity contribution is 5.95. The number of carbonyl (C=O) groups excluding carboxylic acids is 1. The number of benzene rings is 1. The third-order valence-electron chi connectivity index (χ3n) is 6.49. The Balaban J connectivity index is 1.44. The van der Waals surface area contributed by atoms with Crippen molar-refractivity contribution in [2.24, 2.45) is 5.73 Å². The van der Waals surface area contributed by atoms with E-state index in [2.05, 4.69) is 15.4 Å². The number of morpholine rings is 1. The number of nitrogens with zero attached hydrogens (tertiary/aromatic N) is 4. The molecule has 1 aromatic carbocycles. The van der Waals surface area contributed by atoms with Gasteiger partial charge in [-0.05, 0) is 55.9 Å². The number of anilines is 3. The van der Waals surface area contributed by atoms with Crippen LogP contribution in [0.15, 0.2) is 36.7 Å². The van der Waals surface area contributed by atoms with Crippen molar-refractivity contribution >= 4 is 28.7 Å². The Bertz CT molecular complexity index is 1100. The third kappa shape index (κ3) is 4.01. The molecule has 0 atom stereocenters. The van der Waals surface area contributed by atoms with Crippen LogP contribution >= 0.6 is 0 Å². The Morgan fingerprint density at radius 2 is 1.81 bits per heavy atom. The number of carbonyl (C=O) groups is 1. The molecule has 0 spiro atoms. The van der Waals surface area contributed by atoms with E-state index in [-0.39, 0.29) is 17.9 Å². The Morgan fingerprint density at radius 1 is 1.09 bits per heavy atom. The second kappa shape index (κ2) is 8.76. The third-order valence-corrected chi connectivity index (χ3v) is 6.49. The molecule has 3 aromatic rings. The van der Waals surface area contributed by atoms with Crippen molar-refractivity contribution in [3.05, 3.63) is 47.8 Å². The highest BCUT2D eigenvalue weighted by Gasteiger charge is 2.27. The number of nitrogen functional groups attached to an aromatic ring is 1. The van der Waals surface area contributed by atoms with E-state index in [1.165, 1.54) is 0 Å². The van der Waals surface area contributed by atoms with Crippen LogP contribution in [0.3, 0.4) is 0 Å². The zero-order valence-electron chi connectivity index (χ0n) is 18.0. The van der Waals surface area contributed by atoms with Gasteiger partial charge in [0.15, 0.2) is 5.65 Å². The number of aromatic nitrogens is 3. The van der Waals surface area contributed by atoms with Crippen molar-refractivity contribution in [1.82, 2.24) is 19.5 Å². The first-order valence-corrected chi connectivity index (χ1v) is 11.2. The predicted octanol–water partition coefficient (Wildman–Crippen LogP) is 2.51. The van der Waals surface area contributed by atoms with Gasteiger partial charge in [0.05, 0.1) is 18.9 Å². The van der Waals surface area contributed by atoms with Crippen LogP contribution in [0, 0.1) is 0 Å². The van der Waals surface area contributed by atoms with Gasteiger partial charge in [0.1, 0.15) is 5.82 Å². The van der Waals surface area contributed by atoms with Crippen LogP contribution in [0.1, 0.15) is 47.5 Å². The van der Waals surface area contributed by atoms with Crippen LogP contribution in [0.5, 0.6) is 0 Å². The fraction of sp³-hybridized carbons (Fsp3) is 0.435. The molecule has 1 aliphatic heterocycles. The van der Waals surface area contributed by atoms with Crippen molar-refractivity contribution in [3.8, 4) is 0 Å². The van der Waals surface area contributed by atoms with Crippen LogP contribution in [0.2, 0.25) is 0 Å². The van der Waals surface area contributed by atoms with E-state index in [0.717, 1.165) is 48.3 Å². The number of nitrogens with one attached hydrogen (secondary N) is 1. The molecule has 0 unspecified atom stereocenters. The number of hydrogen-bond acceptors (Lipinski definition) is 7. The van der Waals surface area contributed by atoms with Gasteiger partial charge in [0.25, 0.3) is 5.91 Å². The fourth-order valence-corrected chi connectivity index (χ4v) is 4.71. The molecule has 1 saturated carbocycles. The average molecular weight is 436 g/mol. The molecule has 32 heavy (non-hydrogen) atoms. The number of fused-ring (bicyclic) bond motifs is 1. The maximum absolute atomic E-state index is 12.7. The van der Waals surface area contributed by atoms with Gasteiger partial charge in [0.2, 0.25) is 0 Å². The van der Waals surface area contributed by atoms with E-state index >= 15 is 0 Å². The lowest BCUT2D eigenvalue weighted by molar-refractivity contribution is 0.0303. The maximum Gasteiger partial charge on any atom is 0.254 e. The lowest BCUT2D eigenvalue weighted by Crippen LogP contribution is -2.40. The minimum atomic E-state index is 0.0305. The molecule has 2 aliphatic rings. The first-order chi connectivity index (χ1) is 15.6. The highest BCUT2D eigenvalue weighted by Crippen LogP contribution is 2.41. The lowest BCUT2D eigenvalue weighted by Gasteiger charge is -2.29. The van der Waals surface area contributed by atoms with Crippen molar-refractivity contribution in [2.45, 2.75) is 37.6 Å². The molecule has 1 aliphatic carbocycles. The van der Waals surface area contributed by atoms with E-state index in [9.17, 15) is 4.79 Å². The SMILES string of the molecule is Nc1nn2ccnc2c(Nc2ccc(C(=O)N3CCOCC3)cc2)c1[C@H]1CC[C@@H](N)CC1. The van der Waals surface area contributed by atoms with E-state index in [4.69, 9.17) is 16.2 Å². The van der Waals surface area contributed by atoms with Crippen LogP contribution in [0.4, 0.5) is 17.2 Å². The fourth-order valence-electron chi connectivity index (χ4n) is 4.71. The minimum absolute atomic E-state index is 0.0305. The lowest BCUT2D eigenvalue weighted by atomic mass is 9.81. The molecule has 2 fully saturated rings. The Morgan fingerprint density at radius 3 is 2.53 bits per heavy atom. The molecule has 5 rings (SSSR count). The average Bonchev–Trinajstić information content (AvgIpc) is 3.29. The van der Waals surface area contributed by atoms with Crippen molar-refractivity contribution in [3.63, 3.8) is 0 Å². The summed E-state index contributed by atoms with van der Waals surface area (Å²) in [7, 11) is 0. The Hall–Kier alpha value is -3.17. The molecule has 1 amide bonds. The summed E-state index contributed by atoms with van der Waals surface area (Å²) in [6.07, 6.45) is 7.42. The van der Waals surface area contributed by atoms with Gasteiger partial charge in [-0.25, -0.2) is 9.50 Å².